The van der Waals surface area contributed by atoms with Crippen molar-refractivity contribution >= 4 is 23.2 Å². The molecule has 0 atom stereocenters. The second-order valence-corrected chi connectivity index (χ2v) is 9.52. The average molecular weight is 452 g/mol. The molecule has 0 aromatic heterocycles. The lowest BCUT2D eigenvalue weighted by atomic mass is 9.93. The number of fused-ring (bicyclic) bond motifs is 2. The quantitative estimate of drug-likeness (QED) is 0.701. The molecule has 4 rings (SSSR count). The molecule has 2 heterocycles. The number of benzene rings is 2. The van der Waals surface area contributed by atoms with Crippen LogP contribution in [0.1, 0.15) is 23.1 Å². The molecule has 0 spiro atoms. The van der Waals surface area contributed by atoms with Crippen molar-refractivity contribution in [3.05, 3.63) is 71.3 Å². The molecular weight excluding hydrogens is 418 g/mol. The predicted molar refractivity (Wildman–Crippen MR) is 132 cm³/mol. The molecule has 2 aromatic carbocycles. The molecule has 1 amide bonds. The van der Waals surface area contributed by atoms with Crippen LogP contribution < -0.4 is 0 Å². The van der Waals surface area contributed by atoms with Gasteiger partial charge < -0.3 is 10.0 Å². The number of β-amino-alcohol motifs (C(OH)–C–C–N with tert-alkyl or cyclic N) is 1. The standard InChI is InChI=1S/C26H33N3O2S/c1-27(26(31)19-29-15-13-28(14-16-29)17-18-30)12-6-10-23-22-8-3-2-7-21(22)20-32-25-11-5-4-9-24(23)25/h2-5,7-11,30H,6,12-20H2,1H3/b23-10+. The van der Waals surface area contributed by atoms with Crippen LogP contribution in [0.4, 0.5) is 0 Å². The van der Waals surface area contributed by atoms with Crippen molar-refractivity contribution in [1.82, 2.24) is 14.7 Å². The van der Waals surface area contributed by atoms with E-state index in [0.29, 0.717) is 13.1 Å². The smallest absolute Gasteiger partial charge is 0.236 e. The van der Waals surface area contributed by atoms with E-state index >= 15 is 0 Å². The molecule has 0 radical (unpaired) electrons. The Labute approximate surface area is 195 Å². The molecule has 32 heavy (non-hydrogen) atoms. The van der Waals surface area contributed by atoms with Crippen LogP contribution in [0.15, 0.2) is 59.5 Å². The fourth-order valence-corrected chi connectivity index (χ4v) is 5.47. The number of carbonyl (C=O) groups excluding carboxylic acids is 1. The molecular formula is C26H33N3O2S. The summed E-state index contributed by atoms with van der Waals surface area (Å²) < 4.78 is 0. The summed E-state index contributed by atoms with van der Waals surface area (Å²) >= 11 is 1.89. The third kappa shape index (κ3) is 5.62. The number of rotatable bonds is 7. The Balaban J connectivity index is 1.38. The van der Waals surface area contributed by atoms with Gasteiger partial charge in [-0.3, -0.25) is 14.6 Å². The highest BCUT2D eigenvalue weighted by molar-refractivity contribution is 7.98. The average Bonchev–Trinajstić information content (AvgIpc) is 2.98. The number of amides is 1. The van der Waals surface area contributed by atoms with Gasteiger partial charge in [0.15, 0.2) is 0 Å². The maximum absolute atomic E-state index is 12.8. The molecule has 0 aliphatic carbocycles. The van der Waals surface area contributed by atoms with Gasteiger partial charge in [0.2, 0.25) is 5.91 Å². The first kappa shape index (κ1) is 23.1. The Bertz CT molecular complexity index is 904. The van der Waals surface area contributed by atoms with E-state index in [4.69, 9.17) is 5.11 Å². The van der Waals surface area contributed by atoms with Crippen LogP contribution in [0.2, 0.25) is 0 Å². The van der Waals surface area contributed by atoms with E-state index in [-0.39, 0.29) is 12.5 Å². The van der Waals surface area contributed by atoms with Crippen LogP contribution in [0, 0.1) is 0 Å². The van der Waals surface area contributed by atoms with Crippen molar-refractivity contribution in [1.29, 1.82) is 0 Å². The minimum absolute atomic E-state index is 0.177. The molecule has 0 bridgehead atoms. The first-order valence-corrected chi connectivity index (χ1v) is 12.4. The summed E-state index contributed by atoms with van der Waals surface area (Å²) in [5, 5.41) is 9.08. The topological polar surface area (TPSA) is 47.0 Å². The zero-order chi connectivity index (χ0) is 22.3. The second-order valence-electron chi connectivity index (χ2n) is 8.51. The summed E-state index contributed by atoms with van der Waals surface area (Å²) in [5.41, 5.74) is 5.24. The molecule has 1 N–H and O–H groups in total. The number of hydrogen-bond donors (Lipinski definition) is 1. The number of hydrogen-bond acceptors (Lipinski definition) is 5. The van der Waals surface area contributed by atoms with Gasteiger partial charge in [-0.1, -0.05) is 48.5 Å². The van der Waals surface area contributed by atoms with E-state index in [0.717, 1.165) is 44.9 Å². The van der Waals surface area contributed by atoms with E-state index < -0.39 is 0 Å². The van der Waals surface area contributed by atoms with E-state index in [1.165, 1.54) is 27.2 Å². The highest BCUT2D eigenvalue weighted by Crippen LogP contribution is 2.40. The van der Waals surface area contributed by atoms with E-state index in [9.17, 15) is 4.79 Å². The summed E-state index contributed by atoms with van der Waals surface area (Å²) in [5.74, 6) is 1.16. The molecule has 6 heteroatoms. The summed E-state index contributed by atoms with van der Waals surface area (Å²) in [6, 6.07) is 17.3. The number of piperazine rings is 1. The second kappa shape index (κ2) is 11.1. The highest BCUT2D eigenvalue weighted by atomic mass is 32.2. The maximum atomic E-state index is 12.8. The zero-order valence-corrected chi connectivity index (χ0v) is 19.7. The van der Waals surface area contributed by atoms with Crippen molar-refractivity contribution < 1.29 is 9.90 Å². The third-order valence-electron chi connectivity index (χ3n) is 6.35. The molecule has 5 nitrogen and oxygen atoms in total. The van der Waals surface area contributed by atoms with Crippen LogP contribution in [-0.2, 0) is 10.5 Å². The van der Waals surface area contributed by atoms with Gasteiger partial charge in [0, 0.05) is 57.0 Å². The molecule has 2 aliphatic rings. The lowest BCUT2D eigenvalue weighted by molar-refractivity contribution is -0.131. The van der Waals surface area contributed by atoms with Gasteiger partial charge in [-0.2, -0.15) is 0 Å². The van der Waals surface area contributed by atoms with E-state index in [2.05, 4.69) is 64.4 Å². The molecule has 2 aromatic rings. The van der Waals surface area contributed by atoms with Gasteiger partial charge in [0.25, 0.3) is 0 Å². The summed E-state index contributed by atoms with van der Waals surface area (Å²) in [7, 11) is 1.91. The number of carbonyl (C=O) groups is 1. The van der Waals surface area contributed by atoms with Gasteiger partial charge in [0.05, 0.1) is 13.2 Å². The van der Waals surface area contributed by atoms with Crippen molar-refractivity contribution in [2.45, 2.75) is 17.1 Å². The van der Waals surface area contributed by atoms with Crippen molar-refractivity contribution in [3.8, 4) is 0 Å². The third-order valence-corrected chi connectivity index (χ3v) is 7.47. The Hall–Kier alpha value is -2.12. The summed E-state index contributed by atoms with van der Waals surface area (Å²) in [4.78, 5) is 20.4. The van der Waals surface area contributed by atoms with Crippen LogP contribution in [-0.4, -0.2) is 85.2 Å². The molecule has 2 aliphatic heterocycles. The number of thioether (sulfide) groups is 1. The van der Waals surface area contributed by atoms with Crippen LogP contribution in [0.25, 0.3) is 5.57 Å². The predicted octanol–water partition coefficient (Wildman–Crippen LogP) is 3.18. The van der Waals surface area contributed by atoms with E-state index in [1.807, 2.05) is 23.7 Å². The van der Waals surface area contributed by atoms with Gasteiger partial charge in [-0.25, -0.2) is 0 Å². The molecule has 0 saturated carbocycles. The van der Waals surface area contributed by atoms with Crippen molar-refractivity contribution in [3.63, 3.8) is 0 Å². The molecule has 1 fully saturated rings. The number of likely N-dealkylation sites (N-methyl/N-ethyl adjacent to an activating group) is 1. The Morgan fingerprint density at radius 3 is 2.50 bits per heavy atom. The van der Waals surface area contributed by atoms with Crippen LogP contribution in [0.5, 0.6) is 0 Å². The fraction of sp³-hybridized carbons (Fsp3) is 0.423. The highest BCUT2D eigenvalue weighted by Gasteiger charge is 2.21. The molecule has 0 unspecified atom stereocenters. The number of nitrogens with zero attached hydrogens (tertiary/aromatic N) is 3. The SMILES string of the molecule is CN(CC/C=C1\c2ccccc2CSc2ccccc21)C(=O)CN1CCN(CCO)CC1. The van der Waals surface area contributed by atoms with Crippen LogP contribution in [0.3, 0.4) is 0 Å². The summed E-state index contributed by atoms with van der Waals surface area (Å²) in [6.07, 6.45) is 3.14. The van der Waals surface area contributed by atoms with Gasteiger partial charge >= 0.3 is 0 Å². The first-order chi connectivity index (χ1) is 15.7. The normalized spacial score (nSPS) is 18.1. The maximum Gasteiger partial charge on any atom is 0.236 e. The van der Waals surface area contributed by atoms with Gasteiger partial charge in [-0.05, 0) is 34.8 Å². The van der Waals surface area contributed by atoms with Crippen molar-refractivity contribution in [2.24, 2.45) is 0 Å². The number of aliphatic hydroxyl groups excluding tert-OH is 1. The lowest BCUT2D eigenvalue weighted by Crippen LogP contribution is -2.50. The Morgan fingerprint density at radius 2 is 1.72 bits per heavy atom. The minimum atomic E-state index is 0.177. The first-order valence-electron chi connectivity index (χ1n) is 11.5. The lowest BCUT2D eigenvalue weighted by Gasteiger charge is -2.34. The Morgan fingerprint density at radius 1 is 1.03 bits per heavy atom. The zero-order valence-electron chi connectivity index (χ0n) is 18.9. The number of aliphatic hydroxyl groups is 1. The largest absolute Gasteiger partial charge is 0.395 e. The van der Waals surface area contributed by atoms with Gasteiger partial charge in [-0.15, -0.1) is 11.8 Å². The molecule has 170 valence electrons. The Kier molecular flexibility index (Phi) is 8.03. The van der Waals surface area contributed by atoms with E-state index in [1.54, 1.807) is 0 Å². The van der Waals surface area contributed by atoms with Crippen molar-refractivity contribution in [2.75, 3.05) is 59.5 Å². The minimum Gasteiger partial charge on any atom is -0.395 e. The van der Waals surface area contributed by atoms with Crippen LogP contribution >= 0.6 is 11.8 Å². The fourth-order valence-electron chi connectivity index (χ4n) is 4.40. The molecule has 1 saturated heterocycles. The summed E-state index contributed by atoms with van der Waals surface area (Å²) in [6.45, 7) is 5.71. The monoisotopic (exact) mass is 451 g/mol. The van der Waals surface area contributed by atoms with Gasteiger partial charge in [0.1, 0.15) is 0 Å².